The van der Waals surface area contributed by atoms with Crippen LogP contribution in [0.5, 0.6) is 5.75 Å². The number of para-hydroxylation sites is 1. The molecule has 0 atom stereocenters. The lowest BCUT2D eigenvalue weighted by Crippen LogP contribution is -2.37. The number of thiophene rings is 1. The smallest absolute Gasteiger partial charge is 0.242 e. The van der Waals surface area contributed by atoms with E-state index in [2.05, 4.69) is 16.4 Å². The van der Waals surface area contributed by atoms with Crippen molar-refractivity contribution in [3.05, 3.63) is 64.1 Å². The molecule has 9 heteroatoms. The van der Waals surface area contributed by atoms with Gasteiger partial charge in [-0.2, -0.15) is 5.26 Å². The van der Waals surface area contributed by atoms with Crippen molar-refractivity contribution >= 4 is 28.2 Å². The standard InChI is InChI=1S/C25H27N5O3S/c1-3-33-21-7-5-4-6-18(21)8-9-23(31)28-25-20(14-26)19-10-12-30(15-22(19)34-25)24(32)16-29-13-11-27-17(29)2/h4-7,11,13H,3,8-10,12,15-16H2,1-2H3,(H,28,31). The minimum absolute atomic E-state index is 0.0113. The first-order chi connectivity index (χ1) is 16.5. The molecule has 3 aromatic rings. The van der Waals surface area contributed by atoms with Crippen molar-refractivity contribution in [2.24, 2.45) is 0 Å². The molecule has 0 saturated heterocycles. The molecule has 0 radical (unpaired) electrons. The van der Waals surface area contributed by atoms with Crippen LogP contribution in [-0.2, 0) is 35.5 Å². The van der Waals surface area contributed by atoms with Crippen LogP contribution in [0.2, 0.25) is 0 Å². The molecule has 1 aliphatic heterocycles. The summed E-state index contributed by atoms with van der Waals surface area (Å²) in [4.78, 5) is 32.4. The highest BCUT2D eigenvalue weighted by Crippen LogP contribution is 2.37. The first-order valence-electron chi connectivity index (χ1n) is 11.3. The summed E-state index contributed by atoms with van der Waals surface area (Å²) in [6.45, 7) is 5.59. The van der Waals surface area contributed by atoms with Gasteiger partial charge in [-0.3, -0.25) is 9.59 Å². The van der Waals surface area contributed by atoms with Crippen molar-refractivity contribution in [3.8, 4) is 11.8 Å². The van der Waals surface area contributed by atoms with Crippen LogP contribution in [-0.4, -0.2) is 39.4 Å². The third kappa shape index (κ3) is 5.13. The van der Waals surface area contributed by atoms with Crippen LogP contribution in [0.4, 0.5) is 5.00 Å². The van der Waals surface area contributed by atoms with Crippen molar-refractivity contribution in [2.75, 3.05) is 18.5 Å². The van der Waals surface area contributed by atoms with E-state index in [0.717, 1.165) is 27.6 Å². The van der Waals surface area contributed by atoms with Gasteiger partial charge in [0.1, 0.15) is 29.2 Å². The van der Waals surface area contributed by atoms with Crippen molar-refractivity contribution < 1.29 is 14.3 Å². The normalized spacial score (nSPS) is 12.7. The second kappa shape index (κ2) is 10.5. The number of nitrogens with one attached hydrogen (secondary N) is 1. The molecule has 3 heterocycles. The Kier molecular flexibility index (Phi) is 7.28. The zero-order valence-electron chi connectivity index (χ0n) is 19.3. The Morgan fingerprint density at radius 3 is 2.88 bits per heavy atom. The lowest BCUT2D eigenvalue weighted by molar-refractivity contribution is -0.132. The topological polar surface area (TPSA) is 100 Å². The zero-order valence-corrected chi connectivity index (χ0v) is 20.2. The van der Waals surface area contributed by atoms with Crippen LogP contribution in [0, 0.1) is 18.3 Å². The molecule has 2 amide bonds. The number of hydrogen-bond donors (Lipinski definition) is 1. The van der Waals surface area contributed by atoms with Gasteiger partial charge in [-0.1, -0.05) is 18.2 Å². The molecule has 34 heavy (non-hydrogen) atoms. The molecule has 176 valence electrons. The fraction of sp³-hybridized carbons (Fsp3) is 0.360. The lowest BCUT2D eigenvalue weighted by Gasteiger charge is -2.27. The largest absolute Gasteiger partial charge is 0.494 e. The van der Waals surface area contributed by atoms with Gasteiger partial charge in [0, 0.05) is 30.2 Å². The third-order valence-corrected chi connectivity index (χ3v) is 7.03. The molecule has 0 unspecified atom stereocenters. The van der Waals surface area contributed by atoms with Gasteiger partial charge in [0.2, 0.25) is 11.8 Å². The summed E-state index contributed by atoms with van der Waals surface area (Å²) in [5.74, 6) is 1.45. The van der Waals surface area contributed by atoms with E-state index < -0.39 is 0 Å². The Balaban J connectivity index is 1.41. The Labute approximate surface area is 202 Å². The van der Waals surface area contributed by atoms with Gasteiger partial charge in [-0.05, 0) is 43.9 Å². The molecule has 0 fully saturated rings. The Morgan fingerprint density at radius 1 is 1.32 bits per heavy atom. The van der Waals surface area contributed by atoms with E-state index in [0.29, 0.717) is 43.1 Å². The number of rotatable bonds is 8. The van der Waals surface area contributed by atoms with E-state index in [1.807, 2.05) is 42.7 Å². The Bertz CT molecular complexity index is 1240. The van der Waals surface area contributed by atoms with E-state index in [9.17, 15) is 14.9 Å². The van der Waals surface area contributed by atoms with Crippen molar-refractivity contribution in [1.29, 1.82) is 5.26 Å². The minimum Gasteiger partial charge on any atom is -0.494 e. The van der Waals surface area contributed by atoms with Crippen LogP contribution < -0.4 is 10.1 Å². The molecule has 4 rings (SSSR count). The maximum Gasteiger partial charge on any atom is 0.242 e. The number of fused-ring (bicyclic) bond motifs is 1. The van der Waals surface area contributed by atoms with Crippen molar-refractivity contribution in [2.45, 2.75) is 46.2 Å². The van der Waals surface area contributed by atoms with E-state index in [1.165, 1.54) is 11.3 Å². The molecule has 0 bridgehead atoms. The molecule has 8 nitrogen and oxygen atoms in total. The molecule has 1 N–H and O–H groups in total. The number of nitrogens with zero attached hydrogens (tertiary/aromatic N) is 4. The second-order valence-corrected chi connectivity index (χ2v) is 9.18. The van der Waals surface area contributed by atoms with E-state index in [-0.39, 0.29) is 24.8 Å². The number of nitriles is 1. The van der Waals surface area contributed by atoms with Crippen LogP contribution in [0.15, 0.2) is 36.7 Å². The van der Waals surface area contributed by atoms with Crippen LogP contribution in [0.3, 0.4) is 0 Å². The molecular formula is C25H27N5O3S. The number of anilines is 1. The van der Waals surface area contributed by atoms with Gasteiger partial charge in [0.15, 0.2) is 0 Å². The SMILES string of the molecule is CCOc1ccccc1CCC(=O)Nc1sc2c(c1C#N)CCN(C(=O)Cn1ccnc1C)C2. The second-order valence-electron chi connectivity index (χ2n) is 8.08. The summed E-state index contributed by atoms with van der Waals surface area (Å²) in [6.07, 6.45) is 4.90. The number of aryl methyl sites for hydroxylation is 2. The number of carbonyl (C=O) groups is 2. The van der Waals surface area contributed by atoms with Gasteiger partial charge >= 0.3 is 0 Å². The van der Waals surface area contributed by atoms with Crippen LogP contribution in [0.1, 0.15) is 40.7 Å². The predicted octanol–water partition coefficient (Wildman–Crippen LogP) is 3.68. The quantitative estimate of drug-likeness (QED) is 0.533. The van der Waals surface area contributed by atoms with E-state index >= 15 is 0 Å². The molecule has 1 aliphatic rings. The fourth-order valence-corrected chi connectivity index (χ4v) is 5.31. The van der Waals surface area contributed by atoms with Gasteiger partial charge in [-0.25, -0.2) is 4.98 Å². The van der Waals surface area contributed by atoms with Gasteiger partial charge in [-0.15, -0.1) is 11.3 Å². The summed E-state index contributed by atoms with van der Waals surface area (Å²) in [5.41, 5.74) is 2.43. The Hall–Kier alpha value is -3.64. The van der Waals surface area contributed by atoms with Crippen LogP contribution in [0.25, 0.3) is 0 Å². The van der Waals surface area contributed by atoms with Gasteiger partial charge in [0.05, 0.1) is 18.7 Å². The van der Waals surface area contributed by atoms with Crippen LogP contribution >= 0.6 is 11.3 Å². The first kappa shape index (κ1) is 23.5. The summed E-state index contributed by atoms with van der Waals surface area (Å²) >= 11 is 1.39. The third-order valence-electron chi connectivity index (χ3n) is 5.90. The fourth-order valence-electron chi connectivity index (χ4n) is 4.08. The molecule has 2 aromatic heterocycles. The molecule has 0 aliphatic carbocycles. The highest BCUT2D eigenvalue weighted by Gasteiger charge is 2.27. The molecular weight excluding hydrogens is 450 g/mol. The van der Waals surface area contributed by atoms with Gasteiger partial charge < -0.3 is 19.5 Å². The highest BCUT2D eigenvalue weighted by atomic mass is 32.1. The maximum absolute atomic E-state index is 12.8. The highest BCUT2D eigenvalue weighted by molar-refractivity contribution is 7.16. The van der Waals surface area contributed by atoms with E-state index in [4.69, 9.17) is 4.74 Å². The summed E-state index contributed by atoms with van der Waals surface area (Å²) in [7, 11) is 0. The number of hydrogen-bond acceptors (Lipinski definition) is 6. The summed E-state index contributed by atoms with van der Waals surface area (Å²) in [5, 5.41) is 13.2. The zero-order chi connectivity index (χ0) is 24.1. The predicted molar refractivity (Wildman–Crippen MR) is 130 cm³/mol. The lowest BCUT2D eigenvalue weighted by atomic mass is 10.0. The molecule has 1 aromatic carbocycles. The number of imidazole rings is 1. The number of aromatic nitrogens is 2. The van der Waals surface area contributed by atoms with E-state index in [1.54, 1.807) is 17.3 Å². The minimum atomic E-state index is -0.148. The number of amides is 2. The average Bonchev–Trinajstić information content (AvgIpc) is 3.40. The number of carbonyl (C=O) groups excluding carboxylic acids is 2. The number of benzene rings is 1. The summed E-state index contributed by atoms with van der Waals surface area (Å²) in [6, 6.07) is 9.96. The summed E-state index contributed by atoms with van der Waals surface area (Å²) < 4.78 is 7.46. The molecule has 0 spiro atoms. The van der Waals surface area contributed by atoms with Gasteiger partial charge in [0.25, 0.3) is 0 Å². The average molecular weight is 478 g/mol. The number of ether oxygens (including phenoxy) is 1. The molecule has 0 saturated carbocycles. The van der Waals surface area contributed by atoms with Crippen molar-refractivity contribution in [3.63, 3.8) is 0 Å². The first-order valence-corrected chi connectivity index (χ1v) is 12.1. The maximum atomic E-state index is 12.8. The Morgan fingerprint density at radius 2 is 2.15 bits per heavy atom. The monoisotopic (exact) mass is 477 g/mol. The van der Waals surface area contributed by atoms with Crippen molar-refractivity contribution in [1.82, 2.24) is 14.5 Å².